The van der Waals surface area contributed by atoms with Gasteiger partial charge in [0.05, 0.1) is 43.0 Å². The molecule has 0 spiro atoms. The van der Waals surface area contributed by atoms with E-state index in [1.54, 1.807) is 64.9 Å². The van der Waals surface area contributed by atoms with Crippen molar-refractivity contribution in [2.75, 3.05) is 21.2 Å². The van der Waals surface area contributed by atoms with Gasteiger partial charge in [-0.2, -0.15) is 0 Å². The average Bonchev–Trinajstić information content (AvgIpc) is 3.06. The second-order valence-corrected chi connectivity index (χ2v) is 16.4. The first-order valence-electron chi connectivity index (χ1n) is 19.5. The Hall–Kier alpha value is -2.31. The SMILES string of the molecule is CO[C@H]1C(O[C@H]2O[C@@H](C)[C@H](O[C@@H]3C[C@](C)(O)[C@H](OC(=O)CC(C)C)[C@@H](C)O3)[C@@H](N(C)C)[C@@H]2O)[C@H](CC=O)C[C@H](C)[C@H](O)/C=C/C=C\C[C@H](C)OC(=O)C[C@@H]1O. The van der Waals surface area contributed by atoms with Crippen LogP contribution in [0.2, 0.25) is 0 Å². The minimum absolute atomic E-state index is 0.0318. The second kappa shape index (κ2) is 21.4. The van der Waals surface area contributed by atoms with Gasteiger partial charge < -0.3 is 63.3 Å². The summed E-state index contributed by atoms with van der Waals surface area (Å²) < 4.78 is 42.4. The van der Waals surface area contributed by atoms with Gasteiger partial charge in [-0.25, -0.2) is 0 Å². The number of aliphatic hydroxyl groups is 4. The largest absolute Gasteiger partial charge is 0.462 e. The number of hydrogen-bond donors (Lipinski definition) is 4. The Morgan fingerprint density at radius 1 is 1.04 bits per heavy atom. The van der Waals surface area contributed by atoms with Gasteiger partial charge in [0.25, 0.3) is 0 Å². The summed E-state index contributed by atoms with van der Waals surface area (Å²) >= 11 is 0. The maximum Gasteiger partial charge on any atom is 0.308 e. The first kappa shape index (κ1) is 47.1. The zero-order valence-electron chi connectivity index (χ0n) is 34.2. The van der Waals surface area contributed by atoms with Crippen LogP contribution in [0.5, 0.6) is 0 Å². The van der Waals surface area contributed by atoms with Crippen LogP contribution in [-0.2, 0) is 47.5 Å². The Labute approximate surface area is 326 Å². The summed E-state index contributed by atoms with van der Waals surface area (Å²) in [5.74, 6) is -2.03. The Kier molecular flexibility index (Phi) is 18.4. The molecule has 15 nitrogen and oxygen atoms in total. The fourth-order valence-electron chi connectivity index (χ4n) is 7.78. The molecule has 3 heterocycles. The summed E-state index contributed by atoms with van der Waals surface area (Å²) in [5.41, 5.74) is -1.49. The molecule has 16 atom stereocenters. The first-order chi connectivity index (χ1) is 25.8. The van der Waals surface area contributed by atoms with Crippen molar-refractivity contribution in [2.45, 2.75) is 172 Å². The van der Waals surface area contributed by atoms with Crippen molar-refractivity contribution in [2.24, 2.45) is 17.8 Å². The molecule has 0 aromatic carbocycles. The molecule has 4 N–H and O–H groups in total. The molecule has 3 aliphatic rings. The summed E-state index contributed by atoms with van der Waals surface area (Å²) in [6.07, 6.45) is -3.92. The minimum Gasteiger partial charge on any atom is -0.462 e. The van der Waals surface area contributed by atoms with Gasteiger partial charge in [0.1, 0.15) is 36.3 Å². The Morgan fingerprint density at radius 2 is 1.73 bits per heavy atom. The van der Waals surface area contributed by atoms with Crippen LogP contribution in [0.25, 0.3) is 0 Å². The molecule has 316 valence electrons. The number of aliphatic hydroxyl groups excluding tert-OH is 3. The van der Waals surface area contributed by atoms with E-state index in [-0.39, 0.29) is 37.5 Å². The zero-order chi connectivity index (χ0) is 41.2. The highest BCUT2D eigenvalue weighted by Crippen LogP contribution is 2.37. The van der Waals surface area contributed by atoms with Crippen molar-refractivity contribution >= 4 is 18.2 Å². The number of nitrogens with zero attached hydrogens (tertiary/aromatic N) is 1. The van der Waals surface area contributed by atoms with Crippen molar-refractivity contribution in [1.82, 2.24) is 4.90 Å². The second-order valence-electron chi connectivity index (χ2n) is 16.4. The van der Waals surface area contributed by atoms with Gasteiger partial charge >= 0.3 is 11.9 Å². The lowest BCUT2D eigenvalue weighted by atomic mass is 9.82. The highest BCUT2D eigenvalue weighted by molar-refractivity contribution is 5.70. The molecule has 3 rings (SSSR count). The van der Waals surface area contributed by atoms with Crippen LogP contribution in [0, 0.1) is 17.8 Å². The Balaban J connectivity index is 1.90. The number of ether oxygens (including phenoxy) is 7. The highest BCUT2D eigenvalue weighted by atomic mass is 16.7. The third-order valence-electron chi connectivity index (χ3n) is 10.6. The molecule has 0 bridgehead atoms. The lowest BCUT2D eigenvalue weighted by Crippen LogP contribution is -2.66. The van der Waals surface area contributed by atoms with Gasteiger partial charge in [-0.3, -0.25) is 9.59 Å². The molecule has 0 aliphatic carbocycles. The molecule has 55 heavy (non-hydrogen) atoms. The number of aldehydes is 1. The lowest BCUT2D eigenvalue weighted by Gasteiger charge is -2.50. The molecule has 0 aromatic heterocycles. The van der Waals surface area contributed by atoms with E-state index in [2.05, 4.69) is 0 Å². The van der Waals surface area contributed by atoms with Crippen LogP contribution in [0.3, 0.4) is 0 Å². The standard InChI is InChI=1S/C40H67NO14/c1-22(2)18-30(45)53-38-26(6)51-32(21-40(38,7)48)54-35-25(5)52-39(34(47)33(35)41(8)9)55-36-27(16-17-42)19-23(3)28(43)15-13-11-12-14-24(4)50-31(46)20-29(44)37(36)49-10/h11-13,15,17,22-29,32-39,43-44,47-48H,14,16,18-21H2,1-10H3/b12-11-,15-13+/t23-,24-,25-,26+,27+,28+,29-,32+,33-,34-,35-,36?,37+,38+,39+,40-/m0/s1. The van der Waals surface area contributed by atoms with Crippen molar-refractivity contribution in [1.29, 1.82) is 0 Å². The van der Waals surface area contributed by atoms with E-state index in [9.17, 15) is 34.8 Å². The van der Waals surface area contributed by atoms with E-state index in [1.807, 2.05) is 26.8 Å². The summed E-state index contributed by atoms with van der Waals surface area (Å²) in [6.45, 7) is 12.4. The van der Waals surface area contributed by atoms with Crippen LogP contribution >= 0.6 is 0 Å². The van der Waals surface area contributed by atoms with Crippen LogP contribution in [0.1, 0.15) is 87.0 Å². The van der Waals surface area contributed by atoms with Crippen molar-refractivity contribution in [3.8, 4) is 0 Å². The van der Waals surface area contributed by atoms with Gasteiger partial charge in [0.15, 0.2) is 18.7 Å². The van der Waals surface area contributed by atoms with Gasteiger partial charge in [-0.1, -0.05) is 45.1 Å². The molecule has 0 saturated carbocycles. The Morgan fingerprint density at radius 3 is 2.33 bits per heavy atom. The Bertz CT molecular complexity index is 1270. The number of esters is 2. The number of carbonyl (C=O) groups is 3. The number of likely N-dealkylation sites (N-methyl/N-ethyl adjacent to an activating group) is 1. The summed E-state index contributed by atoms with van der Waals surface area (Å²) in [7, 11) is 4.86. The van der Waals surface area contributed by atoms with E-state index in [1.165, 1.54) is 7.11 Å². The number of carbonyl (C=O) groups excluding carboxylic acids is 3. The maximum atomic E-state index is 12.9. The van der Waals surface area contributed by atoms with E-state index >= 15 is 0 Å². The minimum atomic E-state index is -1.49. The van der Waals surface area contributed by atoms with Gasteiger partial charge in [0.2, 0.25) is 0 Å². The normalized spacial score (nSPS) is 42.4. The van der Waals surface area contributed by atoms with Crippen LogP contribution in [0.4, 0.5) is 0 Å². The van der Waals surface area contributed by atoms with Crippen LogP contribution < -0.4 is 0 Å². The lowest BCUT2D eigenvalue weighted by molar-refractivity contribution is -0.344. The third kappa shape index (κ3) is 13.4. The molecule has 3 aliphatic heterocycles. The maximum absolute atomic E-state index is 12.9. The number of methoxy groups -OCH3 is 1. The molecule has 15 heteroatoms. The summed E-state index contributed by atoms with van der Waals surface area (Å²) in [4.78, 5) is 39.3. The van der Waals surface area contributed by atoms with Gasteiger partial charge in [-0.15, -0.1) is 0 Å². The highest BCUT2D eigenvalue weighted by Gasteiger charge is 2.52. The van der Waals surface area contributed by atoms with Crippen molar-refractivity contribution in [3.63, 3.8) is 0 Å². The molecule has 0 radical (unpaired) electrons. The number of cyclic esters (lactones) is 1. The predicted octanol–water partition coefficient (Wildman–Crippen LogP) is 2.44. The molecule has 2 fully saturated rings. The molecular formula is C40H67NO14. The molecular weight excluding hydrogens is 718 g/mol. The third-order valence-corrected chi connectivity index (χ3v) is 10.6. The van der Waals surface area contributed by atoms with E-state index in [4.69, 9.17) is 33.2 Å². The number of hydrogen-bond acceptors (Lipinski definition) is 15. The quantitative estimate of drug-likeness (QED) is 0.176. The predicted molar refractivity (Wildman–Crippen MR) is 200 cm³/mol. The van der Waals surface area contributed by atoms with Gasteiger partial charge in [0, 0.05) is 32.8 Å². The average molecular weight is 786 g/mol. The molecule has 0 amide bonds. The van der Waals surface area contributed by atoms with Crippen molar-refractivity contribution < 1.29 is 68.0 Å². The summed E-state index contributed by atoms with van der Waals surface area (Å²) in [6, 6.07) is -0.753. The van der Waals surface area contributed by atoms with E-state index < -0.39 is 110 Å². The number of allylic oxidation sites excluding steroid dienone is 2. The monoisotopic (exact) mass is 785 g/mol. The molecule has 2 saturated heterocycles. The molecule has 1 unspecified atom stereocenters. The first-order valence-corrected chi connectivity index (χ1v) is 19.5. The topological polar surface area (TPSA) is 200 Å². The van der Waals surface area contributed by atoms with E-state index in [0.717, 1.165) is 6.29 Å². The zero-order valence-corrected chi connectivity index (χ0v) is 34.2. The number of rotatable bonds is 11. The fourth-order valence-corrected chi connectivity index (χ4v) is 7.78. The van der Waals surface area contributed by atoms with Crippen LogP contribution in [-0.4, -0.2) is 150 Å². The summed E-state index contributed by atoms with van der Waals surface area (Å²) in [5, 5.41) is 45.8. The fraction of sp³-hybridized carbons (Fsp3) is 0.825. The van der Waals surface area contributed by atoms with Gasteiger partial charge in [-0.05, 0) is 66.0 Å². The molecule has 0 aromatic rings. The van der Waals surface area contributed by atoms with E-state index in [0.29, 0.717) is 6.42 Å². The van der Waals surface area contributed by atoms with Crippen molar-refractivity contribution in [3.05, 3.63) is 24.3 Å². The van der Waals surface area contributed by atoms with Crippen LogP contribution in [0.15, 0.2) is 24.3 Å². The smallest absolute Gasteiger partial charge is 0.308 e.